The predicted octanol–water partition coefficient (Wildman–Crippen LogP) is 5.32. The van der Waals surface area contributed by atoms with Gasteiger partial charge in [0, 0.05) is 22.2 Å². The zero-order valence-electron chi connectivity index (χ0n) is 14.0. The van der Waals surface area contributed by atoms with Crippen LogP contribution in [-0.2, 0) is 0 Å². The number of pyridine rings is 1. The van der Waals surface area contributed by atoms with Crippen molar-refractivity contribution in [3.05, 3.63) is 75.3 Å². The minimum Gasteiger partial charge on any atom is -0.478 e. The summed E-state index contributed by atoms with van der Waals surface area (Å²) in [6.45, 7) is 0. The molecule has 4 aromatic rings. The summed E-state index contributed by atoms with van der Waals surface area (Å²) < 4.78 is 1.49. The Morgan fingerprint density at radius 3 is 2.57 bits per heavy atom. The van der Waals surface area contributed by atoms with Crippen LogP contribution in [0.4, 0.5) is 5.00 Å². The van der Waals surface area contributed by atoms with E-state index in [2.05, 4.69) is 10.4 Å². The van der Waals surface area contributed by atoms with Gasteiger partial charge < -0.3 is 10.4 Å². The number of anilines is 1. The molecule has 140 valence electrons. The number of aromatic carboxylic acids is 1. The van der Waals surface area contributed by atoms with Crippen LogP contribution in [0.1, 0.15) is 20.8 Å². The van der Waals surface area contributed by atoms with Crippen LogP contribution in [0.5, 0.6) is 0 Å². The average molecular weight is 432 g/mol. The summed E-state index contributed by atoms with van der Waals surface area (Å²) in [6.07, 6.45) is 1.67. The van der Waals surface area contributed by atoms with Gasteiger partial charge in [-0.15, -0.1) is 11.3 Å². The fourth-order valence-electron chi connectivity index (χ4n) is 2.76. The van der Waals surface area contributed by atoms with Crippen LogP contribution in [0.3, 0.4) is 0 Å². The highest BCUT2D eigenvalue weighted by molar-refractivity contribution is 7.15. The molecule has 3 aromatic heterocycles. The number of nitrogens with one attached hydrogen (secondary N) is 1. The Morgan fingerprint density at radius 2 is 1.89 bits per heavy atom. The third kappa shape index (κ3) is 3.35. The summed E-state index contributed by atoms with van der Waals surface area (Å²) in [5.41, 5.74) is 1.93. The van der Waals surface area contributed by atoms with Crippen molar-refractivity contribution in [3.8, 4) is 11.1 Å². The summed E-state index contributed by atoms with van der Waals surface area (Å²) in [7, 11) is 0. The van der Waals surface area contributed by atoms with Gasteiger partial charge in [-0.25, -0.2) is 9.31 Å². The number of benzene rings is 1. The Hall–Kier alpha value is -2.87. The molecule has 0 unspecified atom stereocenters. The number of hydrogen-bond acceptors (Lipinski definition) is 4. The second-order valence-corrected chi connectivity index (χ2v) is 7.56. The molecule has 0 fully saturated rings. The Labute approximate surface area is 172 Å². The Bertz CT molecular complexity index is 1220. The van der Waals surface area contributed by atoms with Crippen LogP contribution in [-0.4, -0.2) is 26.6 Å². The van der Waals surface area contributed by atoms with E-state index in [1.165, 1.54) is 4.52 Å². The molecule has 0 saturated heterocycles. The summed E-state index contributed by atoms with van der Waals surface area (Å²) >= 11 is 13.1. The number of rotatable bonds is 4. The first-order valence-corrected chi connectivity index (χ1v) is 9.63. The average Bonchev–Trinajstić information content (AvgIpc) is 3.27. The van der Waals surface area contributed by atoms with E-state index in [1.54, 1.807) is 54.0 Å². The van der Waals surface area contributed by atoms with Crippen molar-refractivity contribution in [2.45, 2.75) is 0 Å². The first-order chi connectivity index (χ1) is 13.4. The SMILES string of the molecule is O=C(Nc1scc(-c2ccc(Cl)cc2)c1C(=O)O)c1cc2c(Cl)cccn2n1. The first kappa shape index (κ1) is 18.5. The zero-order chi connectivity index (χ0) is 19.8. The maximum absolute atomic E-state index is 12.6. The van der Waals surface area contributed by atoms with Gasteiger partial charge in [-0.3, -0.25) is 4.79 Å². The van der Waals surface area contributed by atoms with E-state index >= 15 is 0 Å². The summed E-state index contributed by atoms with van der Waals surface area (Å²) in [5.74, 6) is -1.66. The minimum absolute atomic E-state index is 0.0162. The second kappa shape index (κ2) is 7.27. The normalized spacial score (nSPS) is 10.9. The molecular formula is C19H11Cl2N3O3S. The highest BCUT2D eigenvalue weighted by Gasteiger charge is 2.22. The van der Waals surface area contributed by atoms with E-state index in [4.69, 9.17) is 23.2 Å². The molecule has 0 saturated carbocycles. The van der Waals surface area contributed by atoms with Gasteiger partial charge in [0.15, 0.2) is 5.69 Å². The van der Waals surface area contributed by atoms with Crippen molar-refractivity contribution < 1.29 is 14.7 Å². The molecule has 28 heavy (non-hydrogen) atoms. The van der Waals surface area contributed by atoms with Crippen molar-refractivity contribution >= 4 is 56.9 Å². The Balaban J connectivity index is 1.69. The van der Waals surface area contributed by atoms with Crippen molar-refractivity contribution in [1.82, 2.24) is 9.61 Å². The number of hydrogen-bond donors (Lipinski definition) is 2. The third-order valence-electron chi connectivity index (χ3n) is 4.07. The minimum atomic E-state index is -1.14. The molecule has 0 aliphatic rings. The number of thiophene rings is 1. The molecule has 6 nitrogen and oxygen atoms in total. The van der Waals surface area contributed by atoms with E-state index in [0.29, 0.717) is 26.7 Å². The molecular weight excluding hydrogens is 421 g/mol. The number of halogens is 2. The van der Waals surface area contributed by atoms with Gasteiger partial charge in [-0.05, 0) is 35.9 Å². The van der Waals surface area contributed by atoms with Crippen molar-refractivity contribution in [2.24, 2.45) is 0 Å². The van der Waals surface area contributed by atoms with E-state index in [0.717, 1.165) is 11.3 Å². The van der Waals surface area contributed by atoms with Crippen LogP contribution < -0.4 is 5.32 Å². The molecule has 0 radical (unpaired) electrons. The molecule has 0 aliphatic carbocycles. The summed E-state index contributed by atoms with van der Waals surface area (Å²) in [4.78, 5) is 24.5. The quantitative estimate of drug-likeness (QED) is 0.457. The van der Waals surface area contributed by atoms with Gasteiger partial charge in [0.05, 0.1) is 10.5 Å². The highest BCUT2D eigenvalue weighted by atomic mass is 35.5. The molecule has 0 aliphatic heterocycles. The standard InChI is InChI=1S/C19H11Cl2N3O3S/c20-11-5-3-10(4-6-11)12-9-28-18(16(12)19(26)27)22-17(25)14-8-15-13(21)2-1-7-24(15)23-14/h1-9H,(H,22,25)(H,26,27). The maximum Gasteiger partial charge on any atom is 0.339 e. The number of carboxylic acid groups (broad SMARTS) is 1. The molecule has 0 bridgehead atoms. The van der Waals surface area contributed by atoms with Crippen molar-refractivity contribution in [2.75, 3.05) is 5.32 Å². The lowest BCUT2D eigenvalue weighted by molar-refractivity contribution is 0.0699. The van der Waals surface area contributed by atoms with E-state index < -0.39 is 11.9 Å². The third-order valence-corrected chi connectivity index (χ3v) is 5.54. The largest absolute Gasteiger partial charge is 0.478 e. The van der Waals surface area contributed by atoms with Crippen LogP contribution in [0, 0.1) is 0 Å². The van der Waals surface area contributed by atoms with E-state index in [9.17, 15) is 14.7 Å². The van der Waals surface area contributed by atoms with Gasteiger partial charge in [-0.2, -0.15) is 5.10 Å². The van der Waals surface area contributed by atoms with Crippen LogP contribution in [0.25, 0.3) is 16.6 Å². The first-order valence-electron chi connectivity index (χ1n) is 8.00. The summed E-state index contributed by atoms with van der Waals surface area (Å²) in [5, 5.41) is 19.4. The molecule has 0 spiro atoms. The molecule has 0 atom stereocenters. The van der Waals surface area contributed by atoms with Gasteiger partial charge in [0.25, 0.3) is 5.91 Å². The monoisotopic (exact) mass is 431 g/mol. The molecule has 3 heterocycles. The summed E-state index contributed by atoms with van der Waals surface area (Å²) in [6, 6.07) is 11.8. The number of nitrogens with zero attached hydrogens (tertiary/aromatic N) is 2. The van der Waals surface area contributed by atoms with Gasteiger partial charge in [0.2, 0.25) is 0 Å². The second-order valence-electron chi connectivity index (χ2n) is 5.84. The Morgan fingerprint density at radius 1 is 1.14 bits per heavy atom. The van der Waals surface area contributed by atoms with Crippen LogP contribution in [0.15, 0.2) is 54.0 Å². The smallest absolute Gasteiger partial charge is 0.339 e. The predicted molar refractivity (Wildman–Crippen MR) is 110 cm³/mol. The fraction of sp³-hybridized carbons (Fsp3) is 0. The molecule has 1 amide bonds. The van der Waals surface area contributed by atoms with Crippen LogP contribution >= 0.6 is 34.5 Å². The lowest BCUT2D eigenvalue weighted by atomic mass is 10.0. The van der Waals surface area contributed by atoms with Crippen molar-refractivity contribution in [3.63, 3.8) is 0 Å². The molecule has 4 rings (SSSR count). The molecule has 1 aromatic carbocycles. The fourth-order valence-corrected chi connectivity index (χ4v) is 4.06. The number of carbonyl (C=O) groups excluding carboxylic acids is 1. The number of fused-ring (bicyclic) bond motifs is 1. The van der Waals surface area contributed by atoms with Crippen LogP contribution in [0.2, 0.25) is 10.0 Å². The maximum atomic E-state index is 12.6. The van der Waals surface area contributed by atoms with Gasteiger partial charge in [-0.1, -0.05) is 35.3 Å². The van der Waals surface area contributed by atoms with Gasteiger partial charge >= 0.3 is 5.97 Å². The number of carboxylic acids is 1. The number of amides is 1. The lowest BCUT2D eigenvalue weighted by Gasteiger charge is -2.05. The van der Waals surface area contributed by atoms with Crippen molar-refractivity contribution in [1.29, 1.82) is 0 Å². The molecule has 2 N–H and O–H groups in total. The topological polar surface area (TPSA) is 83.7 Å². The lowest BCUT2D eigenvalue weighted by Crippen LogP contribution is -2.14. The van der Waals surface area contributed by atoms with E-state index in [-0.39, 0.29) is 16.3 Å². The zero-order valence-corrected chi connectivity index (χ0v) is 16.3. The highest BCUT2D eigenvalue weighted by Crippen LogP contribution is 2.36. The Kier molecular flexibility index (Phi) is 4.80. The number of aromatic nitrogens is 2. The number of carbonyl (C=O) groups is 2. The molecule has 9 heteroatoms. The van der Waals surface area contributed by atoms with E-state index in [1.807, 2.05) is 0 Å². The van der Waals surface area contributed by atoms with Gasteiger partial charge in [0.1, 0.15) is 10.6 Å².